The van der Waals surface area contributed by atoms with E-state index in [2.05, 4.69) is 204 Å². The van der Waals surface area contributed by atoms with Crippen LogP contribution in [0.1, 0.15) is 0 Å². The van der Waals surface area contributed by atoms with Gasteiger partial charge in [-0.05, 0) is 83.4 Å². The summed E-state index contributed by atoms with van der Waals surface area (Å²) in [5.41, 5.74) is 11.8. The number of rotatable bonds is 6. The van der Waals surface area contributed by atoms with Crippen LogP contribution in [0, 0.1) is 0 Å². The largest absolute Gasteiger partial charge is 0.311 e. The van der Waals surface area contributed by atoms with Crippen molar-refractivity contribution in [3.63, 3.8) is 0 Å². The van der Waals surface area contributed by atoms with Crippen LogP contribution in [0.25, 0.3) is 69.9 Å². The average Bonchev–Trinajstić information content (AvgIpc) is 3.74. The molecule has 0 aliphatic heterocycles. The number of para-hydroxylation sites is 4. The number of benzene rings is 8. The van der Waals surface area contributed by atoms with Crippen molar-refractivity contribution < 1.29 is 0 Å². The third-order valence-corrected chi connectivity index (χ3v) is 11.1. The molecule has 2 heterocycles. The highest BCUT2D eigenvalue weighted by atomic mass is 32.1. The molecule has 0 fully saturated rings. The Morgan fingerprint density at radius 1 is 0.353 bits per heavy atom. The van der Waals surface area contributed by atoms with Gasteiger partial charge in [0.15, 0.2) is 0 Å². The van der Waals surface area contributed by atoms with Crippen LogP contribution < -0.4 is 4.90 Å². The minimum atomic E-state index is 1.11. The zero-order valence-corrected chi connectivity index (χ0v) is 28.6. The fourth-order valence-corrected chi connectivity index (χ4v) is 8.76. The van der Waals surface area contributed by atoms with Crippen molar-refractivity contribution >= 4 is 70.4 Å². The molecule has 0 saturated carbocycles. The minimum Gasteiger partial charge on any atom is -0.311 e. The predicted molar refractivity (Wildman–Crippen MR) is 219 cm³/mol. The highest BCUT2D eigenvalue weighted by Crippen LogP contribution is 2.40. The summed E-state index contributed by atoms with van der Waals surface area (Å²) in [5.74, 6) is 0. The standard InChI is InChI=1S/C48H32N2S/c1-2-12-36(13-3-1)49(37-27-22-33(23-28-37)35-26-31-43-42-17-7-11-21-47(42)51-48(43)32-35)38-29-24-34(25-30-38)39-14-4-8-18-44(39)50-45-19-9-5-15-40(45)41-16-6-10-20-46(41)50/h1-32H. The highest BCUT2D eigenvalue weighted by molar-refractivity contribution is 7.25. The van der Waals surface area contributed by atoms with Gasteiger partial charge in [-0.2, -0.15) is 0 Å². The van der Waals surface area contributed by atoms with E-state index in [1.54, 1.807) is 0 Å². The maximum atomic E-state index is 2.41. The maximum absolute atomic E-state index is 2.41. The molecule has 0 saturated heterocycles. The first-order chi connectivity index (χ1) is 25.3. The molecular weight excluding hydrogens is 637 g/mol. The second kappa shape index (κ2) is 12.2. The molecule has 3 heteroatoms. The van der Waals surface area contributed by atoms with E-state index in [4.69, 9.17) is 0 Å². The quantitative estimate of drug-likeness (QED) is 0.171. The topological polar surface area (TPSA) is 8.17 Å². The molecular formula is C48H32N2S. The monoisotopic (exact) mass is 668 g/mol. The second-order valence-corrected chi connectivity index (χ2v) is 14.0. The smallest absolute Gasteiger partial charge is 0.0541 e. The molecule has 0 unspecified atom stereocenters. The van der Waals surface area contributed by atoms with E-state index in [0.29, 0.717) is 0 Å². The molecule has 0 spiro atoms. The first-order valence-electron chi connectivity index (χ1n) is 17.4. The van der Waals surface area contributed by atoms with Crippen LogP contribution in [-0.4, -0.2) is 4.57 Å². The number of hydrogen-bond acceptors (Lipinski definition) is 2. The number of fused-ring (bicyclic) bond motifs is 6. The zero-order valence-electron chi connectivity index (χ0n) is 27.8. The molecule has 0 aliphatic rings. The summed E-state index contributed by atoms with van der Waals surface area (Å²) in [7, 11) is 0. The Kier molecular flexibility index (Phi) is 7.04. The SMILES string of the molecule is c1ccc(N(c2ccc(-c3ccc4c(c3)sc3ccccc34)cc2)c2ccc(-c3ccccc3-n3c4ccccc4c4ccccc43)cc2)cc1. The lowest BCUT2D eigenvalue weighted by Gasteiger charge is -2.26. The van der Waals surface area contributed by atoms with Crippen molar-refractivity contribution in [3.05, 3.63) is 194 Å². The fraction of sp³-hybridized carbons (Fsp3) is 0. The lowest BCUT2D eigenvalue weighted by atomic mass is 10.0. The molecule has 2 nitrogen and oxygen atoms in total. The number of nitrogens with zero attached hydrogens (tertiary/aromatic N) is 2. The number of aromatic nitrogens is 1. The summed E-state index contributed by atoms with van der Waals surface area (Å²) in [6.07, 6.45) is 0. The molecule has 0 atom stereocenters. The van der Waals surface area contributed by atoms with Crippen molar-refractivity contribution in [1.82, 2.24) is 4.57 Å². The third kappa shape index (κ3) is 5.01. The second-order valence-electron chi connectivity index (χ2n) is 13.0. The van der Waals surface area contributed by atoms with E-state index in [0.717, 1.165) is 17.1 Å². The summed E-state index contributed by atoms with van der Waals surface area (Å²) < 4.78 is 5.06. The van der Waals surface area contributed by atoms with Crippen molar-refractivity contribution in [2.24, 2.45) is 0 Å². The first kappa shape index (κ1) is 29.5. The fourth-order valence-electron chi connectivity index (χ4n) is 7.62. The van der Waals surface area contributed by atoms with E-state index in [9.17, 15) is 0 Å². The Labute approximate surface area is 300 Å². The van der Waals surface area contributed by atoms with Gasteiger partial charge in [-0.15, -0.1) is 11.3 Å². The Balaban J connectivity index is 1.03. The Bertz CT molecular complexity index is 2790. The summed E-state index contributed by atoms with van der Waals surface area (Å²) in [6, 6.07) is 70.3. The van der Waals surface area contributed by atoms with Gasteiger partial charge in [0.05, 0.1) is 16.7 Å². The number of anilines is 3. The molecule has 51 heavy (non-hydrogen) atoms. The van der Waals surface area contributed by atoms with Crippen LogP contribution in [0.2, 0.25) is 0 Å². The molecule has 10 rings (SSSR count). The highest BCUT2D eigenvalue weighted by Gasteiger charge is 2.17. The molecule has 2 aromatic heterocycles. The molecule has 10 aromatic rings. The van der Waals surface area contributed by atoms with Crippen LogP contribution in [0.15, 0.2) is 194 Å². The van der Waals surface area contributed by atoms with E-state index in [1.807, 2.05) is 11.3 Å². The third-order valence-electron chi connectivity index (χ3n) is 10.0. The van der Waals surface area contributed by atoms with Crippen LogP contribution in [-0.2, 0) is 0 Å². The van der Waals surface area contributed by atoms with Gasteiger partial charge in [-0.1, -0.05) is 127 Å². The first-order valence-corrected chi connectivity index (χ1v) is 18.2. The molecule has 0 N–H and O–H groups in total. The molecule has 0 radical (unpaired) electrons. The van der Waals surface area contributed by atoms with E-state index in [1.165, 1.54) is 69.9 Å². The predicted octanol–water partition coefficient (Wildman–Crippen LogP) is 14.0. The number of hydrogen-bond donors (Lipinski definition) is 0. The Hall–Kier alpha value is -6.42. The van der Waals surface area contributed by atoms with Gasteiger partial charge in [-0.25, -0.2) is 0 Å². The van der Waals surface area contributed by atoms with Gasteiger partial charge >= 0.3 is 0 Å². The molecule has 8 aromatic carbocycles. The molecule has 0 bridgehead atoms. The van der Waals surface area contributed by atoms with Gasteiger partial charge in [-0.3, -0.25) is 0 Å². The minimum absolute atomic E-state index is 1.11. The van der Waals surface area contributed by atoms with E-state index in [-0.39, 0.29) is 0 Å². The average molecular weight is 669 g/mol. The normalized spacial score (nSPS) is 11.5. The van der Waals surface area contributed by atoms with E-state index >= 15 is 0 Å². The van der Waals surface area contributed by atoms with Gasteiger partial charge < -0.3 is 9.47 Å². The van der Waals surface area contributed by atoms with Gasteiger partial charge in [0.1, 0.15) is 0 Å². The van der Waals surface area contributed by atoms with Crippen LogP contribution in [0.3, 0.4) is 0 Å². The Morgan fingerprint density at radius 3 is 1.57 bits per heavy atom. The summed E-state index contributed by atoms with van der Waals surface area (Å²) in [6.45, 7) is 0. The van der Waals surface area contributed by atoms with Crippen LogP contribution in [0.4, 0.5) is 17.1 Å². The molecule has 240 valence electrons. The lowest BCUT2D eigenvalue weighted by Crippen LogP contribution is -2.09. The van der Waals surface area contributed by atoms with Gasteiger partial charge in [0.2, 0.25) is 0 Å². The van der Waals surface area contributed by atoms with Gasteiger partial charge in [0.25, 0.3) is 0 Å². The van der Waals surface area contributed by atoms with Crippen molar-refractivity contribution in [2.75, 3.05) is 4.90 Å². The maximum Gasteiger partial charge on any atom is 0.0541 e. The van der Waals surface area contributed by atoms with Crippen molar-refractivity contribution in [1.29, 1.82) is 0 Å². The lowest BCUT2D eigenvalue weighted by molar-refractivity contribution is 1.18. The van der Waals surface area contributed by atoms with E-state index < -0.39 is 0 Å². The number of thiophene rings is 1. The van der Waals surface area contributed by atoms with Crippen molar-refractivity contribution in [2.45, 2.75) is 0 Å². The van der Waals surface area contributed by atoms with Gasteiger partial charge in [0, 0.05) is 53.6 Å². The van der Waals surface area contributed by atoms with Crippen LogP contribution in [0.5, 0.6) is 0 Å². The molecule has 0 aliphatic carbocycles. The Morgan fingerprint density at radius 2 is 0.863 bits per heavy atom. The van der Waals surface area contributed by atoms with Crippen molar-refractivity contribution in [3.8, 4) is 27.9 Å². The van der Waals surface area contributed by atoms with Crippen LogP contribution >= 0.6 is 11.3 Å². The summed E-state index contributed by atoms with van der Waals surface area (Å²) in [5, 5.41) is 5.19. The molecule has 0 amide bonds. The summed E-state index contributed by atoms with van der Waals surface area (Å²) in [4.78, 5) is 2.33. The zero-order chi connectivity index (χ0) is 33.7. The summed E-state index contributed by atoms with van der Waals surface area (Å²) >= 11 is 1.86.